The number of likely N-dealkylation sites (N-methyl/N-ethyl adjacent to an activating group) is 1. The Morgan fingerprint density at radius 1 is 0.769 bits per heavy atom. The summed E-state index contributed by atoms with van der Waals surface area (Å²) in [7, 11) is 3.37. The van der Waals surface area contributed by atoms with Gasteiger partial charge in [-0.2, -0.15) is 0 Å². The van der Waals surface area contributed by atoms with Crippen LogP contribution >= 0.6 is 0 Å². The predicted octanol–water partition coefficient (Wildman–Crippen LogP) is -1.05. The maximum absolute atomic E-state index is 14.4. The summed E-state index contributed by atoms with van der Waals surface area (Å²) in [5.41, 5.74) is 13.4. The van der Waals surface area contributed by atoms with Gasteiger partial charge in [-0.1, -0.05) is 48.5 Å². The van der Waals surface area contributed by atoms with Gasteiger partial charge in [-0.05, 0) is 83.3 Å². The largest absolute Gasteiger partial charge is 0.391 e. The van der Waals surface area contributed by atoms with Gasteiger partial charge in [0.2, 0.25) is 35.4 Å². The van der Waals surface area contributed by atoms with E-state index in [0.29, 0.717) is 24.1 Å². The van der Waals surface area contributed by atoms with Crippen molar-refractivity contribution in [3.8, 4) is 0 Å². The Morgan fingerprint density at radius 3 is 2.06 bits per heavy atom. The quantitative estimate of drug-likeness (QED) is 0.0248. The highest BCUT2D eigenvalue weighted by Crippen LogP contribution is 2.22. The second kappa shape index (κ2) is 25.8. The third-order valence-corrected chi connectivity index (χ3v) is 11.4. The average Bonchev–Trinajstić information content (AvgIpc) is 3.88. The van der Waals surface area contributed by atoms with Crippen LogP contribution in [0.5, 0.6) is 0 Å². The summed E-state index contributed by atoms with van der Waals surface area (Å²) in [6.07, 6.45) is 2.73. The number of carbonyl (C=O) groups is 7. The maximum atomic E-state index is 14.4. The van der Waals surface area contributed by atoms with Gasteiger partial charge in [-0.25, -0.2) is 0 Å². The standard InChI is InChI=1S/C45H66N12O8/c1-27(58)18-19-35(50-3)44(65)57-26-30(59)24-38(57)43(64)56-36(22-28-12-5-4-6-13-28)41(62)54-34(17-11-21-51-45(47)48)40(61)55-37(23-29-25-52-32-15-8-7-14-31(29)32)42(63)53-33(39(46)60)16-9-10-20-49-2/h4-8,12-15,25,30,33-38,49-50,52,59H,9-11,16-24,26H2,1-3H3,(H2,46,60)(H,53,63)(H,54,62)(H,55,61)(H,56,64)(H4,47,48,51)/t30-,33+,34+,35+,36-,37+,38+/m1/s1. The van der Waals surface area contributed by atoms with Crippen molar-refractivity contribution in [3.05, 3.63) is 71.9 Å². The first-order valence-electron chi connectivity index (χ1n) is 22.1. The smallest absolute Gasteiger partial charge is 0.243 e. The summed E-state index contributed by atoms with van der Waals surface area (Å²) >= 11 is 0. The number of nitrogens with two attached hydrogens (primary N) is 2. The first-order chi connectivity index (χ1) is 31.1. The molecule has 4 rings (SSSR count). The Balaban J connectivity index is 1.62. The molecule has 0 aliphatic carbocycles. The molecular weight excluding hydrogens is 837 g/mol. The fourth-order valence-corrected chi connectivity index (χ4v) is 7.85. The highest BCUT2D eigenvalue weighted by Gasteiger charge is 2.42. The van der Waals surface area contributed by atoms with Gasteiger partial charge in [0.15, 0.2) is 5.96 Å². The summed E-state index contributed by atoms with van der Waals surface area (Å²) < 4.78 is 0. The molecule has 7 atom stereocenters. The third kappa shape index (κ3) is 16.0. The zero-order valence-electron chi connectivity index (χ0n) is 37.4. The number of H-pyrrole nitrogens is 1. The van der Waals surface area contributed by atoms with Crippen molar-refractivity contribution in [2.45, 2.75) is 113 Å². The lowest BCUT2D eigenvalue weighted by Gasteiger charge is -2.30. The SMILES string of the molecule is CNCCCC[C@H](NC(=O)[C@H](Cc1c[nH]c2ccccc12)NC(=O)[C@H](CCCNC(=N)N)NC(=O)[C@@H](Cc1ccccc1)NC(=O)[C@@H]1C[C@@H](O)CN1C(=O)[C@H](CCC(C)=O)NC)C(N)=O. The Labute approximate surface area is 379 Å². The van der Waals surface area contributed by atoms with Gasteiger partial charge in [-0.15, -0.1) is 0 Å². The molecule has 20 nitrogen and oxygen atoms in total. The van der Waals surface area contributed by atoms with Crippen molar-refractivity contribution in [2.24, 2.45) is 11.5 Å². The van der Waals surface area contributed by atoms with Crippen LogP contribution in [0.2, 0.25) is 0 Å². The van der Waals surface area contributed by atoms with Crippen LogP contribution in [0.1, 0.15) is 69.4 Å². The molecule has 0 radical (unpaired) electrons. The molecular formula is C45H66N12O8. The topological polar surface area (TPSA) is 319 Å². The molecule has 0 spiro atoms. The molecule has 14 N–H and O–H groups in total. The predicted molar refractivity (Wildman–Crippen MR) is 245 cm³/mol. The van der Waals surface area contributed by atoms with Crippen molar-refractivity contribution < 1.29 is 38.7 Å². The molecule has 1 aromatic heterocycles. The van der Waals surface area contributed by atoms with Crippen LogP contribution in [0.3, 0.4) is 0 Å². The van der Waals surface area contributed by atoms with Gasteiger partial charge < -0.3 is 68.5 Å². The number of fused-ring (bicyclic) bond motifs is 1. The second-order valence-corrected chi connectivity index (χ2v) is 16.5. The van der Waals surface area contributed by atoms with Gasteiger partial charge in [0.25, 0.3) is 0 Å². The number of likely N-dealkylation sites (tertiary alicyclic amines) is 1. The zero-order valence-corrected chi connectivity index (χ0v) is 37.4. The zero-order chi connectivity index (χ0) is 47.5. The molecule has 1 aliphatic rings. The Morgan fingerprint density at radius 2 is 1.40 bits per heavy atom. The van der Waals surface area contributed by atoms with E-state index in [1.54, 1.807) is 50.6 Å². The molecule has 2 heterocycles. The Kier molecular flexibility index (Phi) is 20.3. The van der Waals surface area contributed by atoms with Gasteiger partial charge >= 0.3 is 0 Å². The number of Topliss-reactive ketones (excluding diaryl/α,β-unsaturated/α-hetero) is 1. The number of benzene rings is 2. The number of hydrogen-bond acceptors (Lipinski definition) is 11. The number of aliphatic hydroxyl groups excluding tert-OH is 1. The van der Waals surface area contributed by atoms with Crippen LogP contribution in [-0.4, -0.2) is 138 Å². The molecule has 1 fully saturated rings. The van der Waals surface area contributed by atoms with E-state index in [0.717, 1.165) is 17.3 Å². The van der Waals surface area contributed by atoms with Gasteiger partial charge in [0, 0.05) is 55.9 Å². The van der Waals surface area contributed by atoms with Gasteiger partial charge in [0.1, 0.15) is 36.0 Å². The van der Waals surface area contributed by atoms with Crippen molar-refractivity contribution in [1.29, 1.82) is 5.41 Å². The van der Waals surface area contributed by atoms with Crippen molar-refractivity contribution >= 4 is 58.1 Å². The van der Waals surface area contributed by atoms with Crippen LogP contribution in [0.25, 0.3) is 10.9 Å². The number of nitrogens with one attached hydrogen (secondary N) is 9. The number of guanidine groups is 1. The second-order valence-electron chi connectivity index (χ2n) is 16.5. The number of aliphatic hydroxyl groups is 1. The van der Waals surface area contributed by atoms with E-state index in [-0.39, 0.29) is 76.2 Å². The number of carbonyl (C=O) groups excluding carboxylic acids is 7. The number of aromatic amines is 1. The number of para-hydroxylation sites is 1. The fourth-order valence-electron chi connectivity index (χ4n) is 7.85. The van der Waals surface area contributed by atoms with Crippen molar-refractivity contribution in [3.63, 3.8) is 0 Å². The van der Waals surface area contributed by atoms with E-state index in [9.17, 15) is 38.7 Å². The monoisotopic (exact) mass is 903 g/mol. The lowest BCUT2D eigenvalue weighted by molar-refractivity contribution is -0.141. The molecule has 0 unspecified atom stereocenters. The number of ketones is 1. The minimum atomic E-state index is -1.29. The van der Waals surface area contributed by atoms with E-state index >= 15 is 0 Å². The fraction of sp³-hybridized carbons (Fsp3) is 0.511. The van der Waals surface area contributed by atoms with E-state index in [1.807, 2.05) is 24.3 Å². The number of primary amides is 1. The summed E-state index contributed by atoms with van der Waals surface area (Å²) in [6, 6.07) is 9.49. The lowest BCUT2D eigenvalue weighted by atomic mass is 10.0. The summed E-state index contributed by atoms with van der Waals surface area (Å²) in [5.74, 6) is -4.48. The molecule has 0 saturated carbocycles. The number of aromatic nitrogens is 1. The number of unbranched alkanes of at least 4 members (excludes halogenated alkanes) is 1. The number of amides is 6. The van der Waals surface area contributed by atoms with E-state index in [1.165, 1.54) is 11.8 Å². The molecule has 1 aliphatic heterocycles. The molecule has 354 valence electrons. The van der Waals surface area contributed by atoms with Crippen molar-refractivity contribution in [2.75, 3.05) is 33.7 Å². The van der Waals surface area contributed by atoms with Crippen molar-refractivity contribution in [1.82, 2.24) is 47.1 Å². The third-order valence-electron chi connectivity index (χ3n) is 11.4. The van der Waals surface area contributed by atoms with Crippen LogP contribution in [0, 0.1) is 5.41 Å². The summed E-state index contributed by atoms with van der Waals surface area (Å²) in [6.45, 7) is 2.15. The maximum Gasteiger partial charge on any atom is 0.243 e. The number of rotatable bonds is 27. The van der Waals surface area contributed by atoms with E-state index in [2.05, 4.69) is 42.2 Å². The first kappa shape index (κ1) is 51.3. The minimum absolute atomic E-state index is 0.00229. The highest BCUT2D eigenvalue weighted by atomic mass is 16.3. The number of hydrogen-bond donors (Lipinski definition) is 12. The van der Waals surface area contributed by atoms with Crippen LogP contribution < -0.4 is 48.7 Å². The molecule has 20 heteroatoms. The molecule has 65 heavy (non-hydrogen) atoms. The minimum Gasteiger partial charge on any atom is -0.391 e. The normalized spacial score (nSPS) is 17.0. The van der Waals surface area contributed by atoms with Crippen LogP contribution in [0.4, 0.5) is 0 Å². The lowest BCUT2D eigenvalue weighted by Crippen LogP contribution is -2.60. The molecule has 3 aromatic rings. The highest BCUT2D eigenvalue weighted by molar-refractivity contribution is 5.97. The van der Waals surface area contributed by atoms with Gasteiger partial charge in [-0.3, -0.25) is 34.2 Å². The Bertz CT molecular complexity index is 2100. The van der Waals surface area contributed by atoms with E-state index < -0.39 is 77.8 Å². The summed E-state index contributed by atoms with van der Waals surface area (Å²) in [4.78, 5) is 99.4. The molecule has 1 saturated heterocycles. The Hall–Kier alpha value is -6.38. The summed E-state index contributed by atoms with van der Waals surface area (Å²) in [5, 5.41) is 38.8. The molecule has 6 amide bonds. The van der Waals surface area contributed by atoms with E-state index in [4.69, 9.17) is 16.9 Å². The van der Waals surface area contributed by atoms with Gasteiger partial charge in [0.05, 0.1) is 12.1 Å². The average molecular weight is 903 g/mol. The van der Waals surface area contributed by atoms with Crippen LogP contribution in [0.15, 0.2) is 60.8 Å². The first-order valence-corrected chi connectivity index (χ1v) is 22.1. The molecule has 0 bridgehead atoms. The number of β-amino-alcohol motifs (C(OH)–C–C–N with tert-alkyl or cyclic N) is 1. The van der Waals surface area contributed by atoms with Crippen LogP contribution in [-0.2, 0) is 46.4 Å². The number of nitrogens with zero attached hydrogens (tertiary/aromatic N) is 1. The molecule has 2 aromatic carbocycles.